The third-order valence-electron chi connectivity index (χ3n) is 4.56. The van der Waals surface area contributed by atoms with E-state index in [0.29, 0.717) is 23.7 Å². The molecule has 3 rings (SSSR count). The molecule has 3 aromatic rings. The van der Waals surface area contributed by atoms with E-state index in [1.807, 2.05) is 68.4 Å². The van der Waals surface area contributed by atoms with E-state index < -0.39 is 0 Å². The number of hydrogen-bond acceptors (Lipinski definition) is 3. The molecule has 3 aromatic carbocycles. The quantitative estimate of drug-likeness (QED) is 0.488. The van der Waals surface area contributed by atoms with Gasteiger partial charge in [-0.3, -0.25) is 9.59 Å². The highest BCUT2D eigenvalue weighted by Crippen LogP contribution is 2.15. The standard InChI is InChI=1S/C27H27N3O2/c1-20(2)18-29-27(32)24-13-6-7-14-25(24)30-26(31)19-28-23-12-8-11-22(17-23)16-15-21-9-4-3-5-10-21/h3-14,17,20,28H,18-19H2,1-2H3,(H,29,32)(H,30,31). The van der Waals surface area contributed by atoms with Gasteiger partial charge in [-0.2, -0.15) is 0 Å². The molecule has 0 aliphatic rings. The number of hydrogen-bond donors (Lipinski definition) is 3. The van der Waals surface area contributed by atoms with E-state index in [1.54, 1.807) is 24.3 Å². The monoisotopic (exact) mass is 425 g/mol. The molecule has 2 amide bonds. The van der Waals surface area contributed by atoms with Crippen LogP contribution in [0.25, 0.3) is 0 Å². The van der Waals surface area contributed by atoms with E-state index in [4.69, 9.17) is 0 Å². The van der Waals surface area contributed by atoms with E-state index in [9.17, 15) is 9.59 Å². The summed E-state index contributed by atoms with van der Waals surface area (Å²) in [5.41, 5.74) is 3.53. The lowest BCUT2D eigenvalue weighted by atomic mass is 10.1. The van der Waals surface area contributed by atoms with Gasteiger partial charge in [0.2, 0.25) is 5.91 Å². The van der Waals surface area contributed by atoms with E-state index in [2.05, 4.69) is 27.8 Å². The SMILES string of the molecule is CC(C)CNC(=O)c1ccccc1NC(=O)CNc1cccc(C#Cc2ccccc2)c1. The Kier molecular flexibility index (Phi) is 8.05. The molecule has 0 unspecified atom stereocenters. The molecule has 0 saturated heterocycles. The number of para-hydroxylation sites is 1. The maximum absolute atomic E-state index is 12.5. The molecule has 0 aliphatic heterocycles. The van der Waals surface area contributed by atoms with Gasteiger partial charge in [0.1, 0.15) is 0 Å². The van der Waals surface area contributed by atoms with Gasteiger partial charge in [-0.1, -0.05) is 62.1 Å². The number of benzene rings is 3. The lowest BCUT2D eigenvalue weighted by Crippen LogP contribution is -2.29. The lowest BCUT2D eigenvalue weighted by molar-refractivity contribution is -0.114. The average Bonchev–Trinajstić information content (AvgIpc) is 2.81. The van der Waals surface area contributed by atoms with Crippen molar-refractivity contribution >= 4 is 23.2 Å². The van der Waals surface area contributed by atoms with Gasteiger partial charge in [0.15, 0.2) is 0 Å². The van der Waals surface area contributed by atoms with Gasteiger partial charge in [-0.15, -0.1) is 0 Å². The van der Waals surface area contributed by atoms with Crippen molar-refractivity contribution in [2.45, 2.75) is 13.8 Å². The van der Waals surface area contributed by atoms with Gasteiger partial charge in [-0.05, 0) is 48.4 Å². The second kappa shape index (κ2) is 11.4. The van der Waals surface area contributed by atoms with Gasteiger partial charge in [-0.25, -0.2) is 0 Å². The maximum atomic E-state index is 12.5. The minimum absolute atomic E-state index is 0.0670. The zero-order valence-corrected chi connectivity index (χ0v) is 18.3. The molecule has 0 aromatic heterocycles. The first kappa shape index (κ1) is 22.6. The van der Waals surface area contributed by atoms with Crippen molar-refractivity contribution in [3.63, 3.8) is 0 Å². The number of carbonyl (C=O) groups is 2. The highest BCUT2D eigenvalue weighted by molar-refractivity contribution is 6.04. The minimum Gasteiger partial charge on any atom is -0.376 e. The summed E-state index contributed by atoms with van der Waals surface area (Å²) in [5.74, 6) is 6.16. The number of anilines is 2. The lowest BCUT2D eigenvalue weighted by Gasteiger charge is -2.13. The summed E-state index contributed by atoms with van der Waals surface area (Å²) in [6.45, 7) is 4.70. The molecule has 0 fully saturated rings. The summed E-state index contributed by atoms with van der Waals surface area (Å²) in [5, 5.41) is 8.81. The highest BCUT2D eigenvalue weighted by Gasteiger charge is 2.13. The molecule has 0 aliphatic carbocycles. The molecule has 5 heteroatoms. The smallest absolute Gasteiger partial charge is 0.253 e. The molecule has 3 N–H and O–H groups in total. The Labute approximate surface area is 189 Å². The molecule has 0 atom stereocenters. The summed E-state index contributed by atoms with van der Waals surface area (Å²) in [6.07, 6.45) is 0. The molecule has 32 heavy (non-hydrogen) atoms. The molecular weight excluding hydrogens is 398 g/mol. The van der Waals surface area contributed by atoms with Gasteiger partial charge in [0.05, 0.1) is 17.8 Å². The molecule has 0 spiro atoms. The first-order valence-corrected chi connectivity index (χ1v) is 10.6. The van der Waals surface area contributed by atoms with E-state index in [0.717, 1.165) is 16.8 Å². The Bertz CT molecular complexity index is 1130. The van der Waals surface area contributed by atoms with Gasteiger partial charge < -0.3 is 16.0 Å². The number of nitrogens with one attached hydrogen (secondary N) is 3. The molecule has 0 bridgehead atoms. The average molecular weight is 426 g/mol. The normalized spacial score (nSPS) is 10.1. The predicted molar refractivity (Wildman–Crippen MR) is 130 cm³/mol. The Hall–Kier alpha value is -4.04. The Morgan fingerprint density at radius 2 is 1.53 bits per heavy atom. The van der Waals surface area contributed by atoms with Crippen molar-refractivity contribution in [3.05, 3.63) is 95.6 Å². The Morgan fingerprint density at radius 1 is 0.844 bits per heavy atom. The van der Waals surface area contributed by atoms with Crippen molar-refractivity contribution in [1.29, 1.82) is 0 Å². The third-order valence-corrected chi connectivity index (χ3v) is 4.56. The zero-order valence-electron chi connectivity index (χ0n) is 18.3. The molecule has 0 saturated carbocycles. The highest BCUT2D eigenvalue weighted by atomic mass is 16.2. The number of carbonyl (C=O) groups excluding carboxylic acids is 2. The Balaban J connectivity index is 1.59. The summed E-state index contributed by atoms with van der Waals surface area (Å²) in [7, 11) is 0. The van der Waals surface area contributed by atoms with Crippen LogP contribution < -0.4 is 16.0 Å². The summed E-state index contributed by atoms with van der Waals surface area (Å²) in [4.78, 5) is 24.9. The van der Waals surface area contributed by atoms with Crippen LogP contribution in [0.2, 0.25) is 0 Å². The first-order valence-electron chi connectivity index (χ1n) is 10.6. The molecular formula is C27H27N3O2. The molecule has 0 heterocycles. The molecule has 162 valence electrons. The maximum Gasteiger partial charge on any atom is 0.253 e. The van der Waals surface area contributed by atoms with Crippen molar-refractivity contribution in [2.75, 3.05) is 23.7 Å². The minimum atomic E-state index is -0.241. The number of rotatable bonds is 7. The van der Waals surface area contributed by atoms with Crippen LogP contribution >= 0.6 is 0 Å². The molecule has 5 nitrogen and oxygen atoms in total. The second-order valence-electron chi connectivity index (χ2n) is 7.75. The van der Waals surface area contributed by atoms with Crippen molar-refractivity contribution in [1.82, 2.24) is 5.32 Å². The third kappa shape index (κ3) is 7.03. The predicted octanol–water partition coefficient (Wildman–Crippen LogP) is 4.52. The summed E-state index contributed by atoms with van der Waals surface area (Å²) < 4.78 is 0. The number of amides is 2. The van der Waals surface area contributed by atoms with Crippen LogP contribution in [0.4, 0.5) is 11.4 Å². The Morgan fingerprint density at radius 3 is 2.31 bits per heavy atom. The fourth-order valence-electron chi connectivity index (χ4n) is 2.93. The van der Waals surface area contributed by atoms with Crippen LogP contribution in [0.5, 0.6) is 0 Å². The van der Waals surface area contributed by atoms with Crippen LogP contribution in [0, 0.1) is 17.8 Å². The van der Waals surface area contributed by atoms with Crippen LogP contribution in [-0.4, -0.2) is 24.9 Å². The van der Waals surface area contributed by atoms with Gasteiger partial charge in [0, 0.05) is 23.4 Å². The largest absolute Gasteiger partial charge is 0.376 e. The van der Waals surface area contributed by atoms with Crippen molar-refractivity contribution in [2.24, 2.45) is 5.92 Å². The topological polar surface area (TPSA) is 70.2 Å². The van der Waals surface area contributed by atoms with Crippen LogP contribution in [-0.2, 0) is 4.79 Å². The van der Waals surface area contributed by atoms with Crippen LogP contribution in [0.15, 0.2) is 78.9 Å². The van der Waals surface area contributed by atoms with Crippen LogP contribution in [0.3, 0.4) is 0 Å². The van der Waals surface area contributed by atoms with Gasteiger partial charge in [0.25, 0.3) is 5.91 Å². The van der Waals surface area contributed by atoms with E-state index >= 15 is 0 Å². The van der Waals surface area contributed by atoms with E-state index in [-0.39, 0.29) is 18.4 Å². The fraction of sp³-hybridized carbons (Fsp3) is 0.185. The second-order valence-corrected chi connectivity index (χ2v) is 7.75. The van der Waals surface area contributed by atoms with E-state index in [1.165, 1.54) is 0 Å². The fourth-order valence-corrected chi connectivity index (χ4v) is 2.93. The van der Waals surface area contributed by atoms with Crippen molar-refractivity contribution < 1.29 is 9.59 Å². The van der Waals surface area contributed by atoms with Crippen molar-refractivity contribution in [3.8, 4) is 11.8 Å². The molecule has 0 radical (unpaired) electrons. The summed E-state index contributed by atoms with van der Waals surface area (Å²) >= 11 is 0. The van der Waals surface area contributed by atoms with Gasteiger partial charge >= 0.3 is 0 Å². The zero-order chi connectivity index (χ0) is 22.8. The van der Waals surface area contributed by atoms with Crippen LogP contribution in [0.1, 0.15) is 35.3 Å². The summed E-state index contributed by atoms with van der Waals surface area (Å²) in [6, 6.07) is 24.4. The first-order chi connectivity index (χ1) is 15.5.